The van der Waals surface area contributed by atoms with Crippen LogP contribution in [0.3, 0.4) is 0 Å². The molecule has 8 nitrogen and oxygen atoms in total. The Morgan fingerprint density at radius 3 is 2.26 bits per heavy atom. The monoisotopic (exact) mass is 422 g/mol. The van der Waals surface area contributed by atoms with Gasteiger partial charge in [0.15, 0.2) is 0 Å². The second-order valence-corrected chi connectivity index (χ2v) is 7.49. The van der Waals surface area contributed by atoms with Crippen LogP contribution in [0.25, 0.3) is 0 Å². The number of hydrogen-bond donors (Lipinski definition) is 0. The number of nitrogens with zero attached hydrogens (tertiary/aromatic N) is 5. The Bertz CT molecular complexity index is 936. The van der Waals surface area contributed by atoms with E-state index in [0.29, 0.717) is 37.8 Å². The van der Waals surface area contributed by atoms with Gasteiger partial charge in [-0.3, -0.25) is 19.3 Å². The number of ketones is 1. The minimum absolute atomic E-state index is 0.0866. The Hall–Kier alpha value is -3.13. The molecule has 3 rings (SSSR count). The first-order valence-corrected chi connectivity index (χ1v) is 10.6. The van der Waals surface area contributed by atoms with Crippen LogP contribution in [0.15, 0.2) is 30.3 Å². The third kappa shape index (κ3) is 5.14. The van der Waals surface area contributed by atoms with Crippen molar-refractivity contribution in [3.05, 3.63) is 52.8 Å². The van der Waals surface area contributed by atoms with Gasteiger partial charge in [-0.1, -0.05) is 30.3 Å². The van der Waals surface area contributed by atoms with E-state index in [1.165, 1.54) is 11.8 Å². The minimum atomic E-state index is -0.926. The summed E-state index contributed by atoms with van der Waals surface area (Å²) in [7, 11) is 0. The van der Waals surface area contributed by atoms with E-state index in [1.807, 2.05) is 36.9 Å². The number of aryl methyl sites for hydroxylation is 1. The first kappa shape index (κ1) is 22.6. The third-order valence-electron chi connectivity index (χ3n) is 5.55. The highest BCUT2D eigenvalue weighted by atomic mass is 16.2. The smallest absolute Gasteiger partial charge is 0.279 e. The number of anilines is 1. The fraction of sp³-hybridized carbons (Fsp3) is 0.435. The van der Waals surface area contributed by atoms with Gasteiger partial charge >= 0.3 is 0 Å². The molecule has 1 radical (unpaired) electrons. The van der Waals surface area contributed by atoms with Crippen LogP contribution >= 0.6 is 0 Å². The molecule has 0 bridgehead atoms. The van der Waals surface area contributed by atoms with Crippen molar-refractivity contribution in [2.45, 2.75) is 27.3 Å². The van der Waals surface area contributed by atoms with E-state index in [1.54, 1.807) is 11.8 Å². The zero-order chi connectivity index (χ0) is 22.4. The zero-order valence-corrected chi connectivity index (χ0v) is 18.3. The SMILES string of the molecule is CCN(CC)C(=O)c1c(C)nc(N2CCN(Cc3ccccc3)CC2)nc1C(=O)[C]=O. The quantitative estimate of drug-likeness (QED) is 0.474. The predicted molar refractivity (Wildman–Crippen MR) is 118 cm³/mol. The molecule has 1 aromatic heterocycles. The summed E-state index contributed by atoms with van der Waals surface area (Å²) >= 11 is 0. The van der Waals surface area contributed by atoms with Gasteiger partial charge in [0.05, 0.1) is 11.3 Å². The lowest BCUT2D eigenvalue weighted by atomic mass is 10.1. The molecule has 1 fully saturated rings. The first-order valence-electron chi connectivity index (χ1n) is 10.6. The van der Waals surface area contributed by atoms with Gasteiger partial charge in [-0.15, -0.1) is 0 Å². The molecule has 0 spiro atoms. The molecule has 0 unspecified atom stereocenters. The van der Waals surface area contributed by atoms with Crippen LogP contribution in [0.4, 0.5) is 5.95 Å². The molecular formula is C23H28N5O3. The lowest BCUT2D eigenvalue weighted by Crippen LogP contribution is -2.46. The summed E-state index contributed by atoms with van der Waals surface area (Å²) in [6.45, 7) is 10.2. The maximum absolute atomic E-state index is 12.9. The fourth-order valence-electron chi connectivity index (χ4n) is 3.78. The lowest BCUT2D eigenvalue weighted by molar-refractivity contribution is 0.0767. The Balaban J connectivity index is 1.81. The van der Waals surface area contributed by atoms with Crippen molar-refractivity contribution in [1.29, 1.82) is 0 Å². The highest BCUT2D eigenvalue weighted by molar-refractivity contribution is 6.34. The van der Waals surface area contributed by atoms with Crippen molar-refractivity contribution in [3.63, 3.8) is 0 Å². The molecule has 0 saturated carbocycles. The minimum Gasteiger partial charge on any atom is -0.339 e. The summed E-state index contributed by atoms with van der Waals surface area (Å²) in [6, 6.07) is 10.3. The van der Waals surface area contributed by atoms with E-state index in [0.717, 1.165) is 19.6 Å². The lowest BCUT2D eigenvalue weighted by Gasteiger charge is -2.35. The highest BCUT2D eigenvalue weighted by Gasteiger charge is 2.28. The molecule has 163 valence electrons. The summed E-state index contributed by atoms with van der Waals surface area (Å²) in [5.41, 5.74) is 1.58. The number of hydrogen-bond acceptors (Lipinski definition) is 7. The number of aromatic nitrogens is 2. The molecule has 2 aromatic rings. The maximum Gasteiger partial charge on any atom is 0.279 e. The van der Waals surface area contributed by atoms with Crippen molar-refractivity contribution >= 4 is 23.9 Å². The van der Waals surface area contributed by atoms with E-state index in [4.69, 9.17) is 0 Å². The van der Waals surface area contributed by atoms with Gasteiger partial charge in [-0.2, -0.15) is 0 Å². The van der Waals surface area contributed by atoms with Crippen LogP contribution in [0.2, 0.25) is 0 Å². The topological polar surface area (TPSA) is 86.7 Å². The van der Waals surface area contributed by atoms with E-state index in [9.17, 15) is 14.4 Å². The number of benzene rings is 1. The van der Waals surface area contributed by atoms with Crippen LogP contribution in [0, 0.1) is 6.92 Å². The summed E-state index contributed by atoms with van der Waals surface area (Å²) in [5, 5.41) is 0. The maximum atomic E-state index is 12.9. The van der Waals surface area contributed by atoms with Gasteiger partial charge in [0.2, 0.25) is 5.95 Å². The second kappa shape index (κ2) is 10.3. The average Bonchev–Trinajstić information content (AvgIpc) is 2.80. The fourth-order valence-corrected chi connectivity index (χ4v) is 3.78. The van der Waals surface area contributed by atoms with E-state index < -0.39 is 5.78 Å². The third-order valence-corrected chi connectivity index (χ3v) is 5.55. The van der Waals surface area contributed by atoms with E-state index in [-0.39, 0.29) is 17.2 Å². The number of piperazine rings is 1. The van der Waals surface area contributed by atoms with Crippen LogP contribution in [0.5, 0.6) is 0 Å². The predicted octanol–water partition coefficient (Wildman–Crippen LogP) is 1.88. The zero-order valence-electron chi connectivity index (χ0n) is 18.3. The molecule has 1 saturated heterocycles. The first-order chi connectivity index (χ1) is 15.0. The van der Waals surface area contributed by atoms with Crippen molar-refractivity contribution in [2.24, 2.45) is 0 Å². The van der Waals surface area contributed by atoms with Crippen molar-refractivity contribution in [3.8, 4) is 0 Å². The normalized spacial score (nSPS) is 14.4. The van der Waals surface area contributed by atoms with Crippen molar-refractivity contribution in [2.75, 3.05) is 44.2 Å². The van der Waals surface area contributed by atoms with Crippen molar-refractivity contribution in [1.82, 2.24) is 19.8 Å². The molecule has 0 atom stereocenters. The van der Waals surface area contributed by atoms with E-state index >= 15 is 0 Å². The van der Waals surface area contributed by atoms with E-state index in [2.05, 4.69) is 27.0 Å². The molecule has 0 aliphatic carbocycles. The largest absolute Gasteiger partial charge is 0.339 e. The molecule has 1 aliphatic heterocycles. The van der Waals surface area contributed by atoms with Gasteiger partial charge in [-0.05, 0) is 26.3 Å². The van der Waals surface area contributed by atoms with Gasteiger partial charge in [-0.25, -0.2) is 9.97 Å². The van der Waals surface area contributed by atoms with Gasteiger partial charge in [0.1, 0.15) is 5.69 Å². The summed E-state index contributed by atoms with van der Waals surface area (Å²) in [6.07, 6.45) is 1.37. The molecule has 1 aliphatic rings. The molecule has 1 amide bonds. The van der Waals surface area contributed by atoms with Crippen LogP contribution < -0.4 is 4.90 Å². The Morgan fingerprint density at radius 2 is 1.68 bits per heavy atom. The molecule has 8 heteroatoms. The van der Waals surface area contributed by atoms with Crippen LogP contribution in [-0.4, -0.2) is 77.0 Å². The standard InChI is InChI=1S/C23H28N5O3/c1-4-27(5-2)22(31)20-17(3)24-23(25-21(20)19(30)16-29)28-13-11-26(12-14-28)15-18-9-7-6-8-10-18/h6-10H,4-5,11-15H2,1-3H3. The summed E-state index contributed by atoms with van der Waals surface area (Å²) in [5.74, 6) is -0.906. The molecule has 0 N–H and O–H groups in total. The highest BCUT2D eigenvalue weighted by Crippen LogP contribution is 2.20. The average molecular weight is 423 g/mol. The number of carbonyl (C=O) groups excluding carboxylic acids is 3. The summed E-state index contributed by atoms with van der Waals surface area (Å²) < 4.78 is 0. The molecular weight excluding hydrogens is 394 g/mol. The van der Waals surface area contributed by atoms with Gasteiger partial charge in [0.25, 0.3) is 18.0 Å². The Kier molecular flexibility index (Phi) is 7.46. The number of Topliss-reactive ketones (excluding diaryl/α,β-unsaturated/α-hetero) is 1. The van der Waals surface area contributed by atoms with Crippen LogP contribution in [-0.2, 0) is 11.3 Å². The Labute approximate surface area is 182 Å². The van der Waals surface area contributed by atoms with Crippen LogP contribution in [0.1, 0.15) is 46.0 Å². The van der Waals surface area contributed by atoms with Gasteiger partial charge in [0, 0.05) is 45.8 Å². The summed E-state index contributed by atoms with van der Waals surface area (Å²) in [4.78, 5) is 51.1. The number of carbonyl (C=O) groups is 2. The number of amides is 1. The van der Waals surface area contributed by atoms with Crippen molar-refractivity contribution < 1.29 is 14.4 Å². The molecule has 2 heterocycles. The molecule has 31 heavy (non-hydrogen) atoms. The molecule has 1 aromatic carbocycles. The number of rotatable bonds is 8. The second-order valence-electron chi connectivity index (χ2n) is 7.49. The van der Waals surface area contributed by atoms with Gasteiger partial charge < -0.3 is 9.80 Å². The Morgan fingerprint density at radius 1 is 1.03 bits per heavy atom.